The van der Waals surface area contributed by atoms with Crippen LogP contribution in [0.5, 0.6) is 11.5 Å². The van der Waals surface area contributed by atoms with Crippen LogP contribution in [0.4, 0.5) is 0 Å². The lowest BCUT2D eigenvalue weighted by Crippen LogP contribution is -2.60. The zero-order valence-corrected chi connectivity index (χ0v) is 74.3. The summed E-state index contributed by atoms with van der Waals surface area (Å²) in [6.07, 6.45) is 3.48. The van der Waals surface area contributed by atoms with Crippen LogP contribution in [0, 0.1) is 5.92 Å². The van der Waals surface area contributed by atoms with E-state index < -0.39 is 181 Å². The first kappa shape index (κ1) is 100. The number of para-hydroxylation sites is 1. The number of thioether (sulfide) groups is 1. The van der Waals surface area contributed by atoms with Crippen molar-refractivity contribution in [2.24, 2.45) is 17.4 Å². The monoisotopic (exact) mass is 1780 g/mol. The lowest BCUT2D eigenvalue weighted by atomic mass is 9.99. The van der Waals surface area contributed by atoms with Crippen molar-refractivity contribution in [3.05, 3.63) is 203 Å². The van der Waals surface area contributed by atoms with E-state index in [1.54, 1.807) is 154 Å². The number of aliphatic hydroxyl groups excluding tert-OH is 1. The number of aromatic nitrogens is 1. The Hall–Kier alpha value is -13.0. The van der Waals surface area contributed by atoms with Crippen LogP contribution < -0.4 is 54.0 Å². The van der Waals surface area contributed by atoms with Gasteiger partial charge in [0.1, 0.15) is 84.2 Å². The van der Waals surface area contributed by atoms with Gasteiger partial charge in [0.15, 0.2) is 0 Å². The average molecular weight is 1780 g/mol. The molecule has 0 spiro atoms. The van der Waals surface area contributed by atoms with E-state index in [-0.39, 0.29) is 93.9 Å². The van der Waals surface area contributed by atoms with Crippen LogP contribution in [0.2, 0.25) is 0 Å². The molecular weight excluding hydrogens is 1660 g/mol. The van der Waals surface area contributed by atoms with E-state index in [1.807, 2.05) is 6.92 Å². The Morgan fingerprint density at radius 1 is 0.531 bits per heavy atom. The van der Waals surface area contributed by atoms with Crippen LogP contribution in [0.15, 0.2) is 170 Å². The molecule has 0 radical (unpaired) electrons. The standard InChI is InChI=1S/C93H120N16O18S/c1-9-11-32-77(93(127)109-42-23-33-76(109)87(121)98-64(53-110)54-111)106(6)92(126)79(48-60-28-19-14-20-29-60)108(8)91(125)74(45-58-24-15-12-16-25-58)100-82(116)56-128-55-75(83(117)97-51-80(95)114)104-84(118)70(43-57(3)4)101-85(119)71(44-61-34-38-65(112)39-35-61)102-86(120)72(49-63-50-96-69-31-22-21-30-67(63)69)99-81(115)52-105(5)90(124)73(46-62-36-40-66(113)41-37-62)103-88(122)78(47-59-26-17-13-18-27-59)107(7)89(123)68(94)10-2/h12-22,24-31,34-41,50,53,57,64,68,70-79,96,111-113H,9-11,23,32-33,42-49,51-52,54-56,94H2,1-8H3,(H2,95,114)(H,97,117)(H,98,121)(H,99,115)(H,100,116)(H,101,119)(H,102,120)(H,103,122)(H,104,118)/t64-,68+,70+,71+,72+,73+,74+,75+,76-,77+,78?,79?/m1/s1. The van der Waals surface area contributed by atoms with Gasteiger partial charge in [-0.05, 0) is 102 Å². The Kier molecular flexibility index (Phi) is 39.0. The number of likely N-dealkylation sites (tertiary alicyclic amines) is 1. The van der Waals surface area contributed by atoms with Gasteiger partial charge in [0, 0.05) is 96.1 Å². The molecule has 2 heterocycles. The smallest absolute Gasteiger partial charge is 0.246 e. The number of carbonyl (C=O) groups is 15. The Labute approximate surface area is 748 Å². The van der Waals surface area contributed by atoms with E-state index in [0.29, 0.717) is 69.8 Å². The largest absolute Gasteiger partial charge is 0.508 e. The second-order valence-corrected chi connectivity index (χ2v) is 33.6. The fourth-order valence-corrected chi connectivity index (χ4v) is 16.0. The number of fused-ring (bicyclic) bond motifs is 1. The van der Waals surface area contributed by atoms with Crippen molar-refractivity contribution in [3.63, 3.8) is 0 Å². The summed E-state index contributed by atoms with van der Waals surface area (Å²) in [5.41, 5.74) is 15.8. The molecule has 1 saturated heterocycles. The second kappa shape index (κ2) is 49.8. The molecule has 0 aliphatic carbocycles. The summed E-state index contributed by atoms with van der Waals surface area (Å²) in [7, 11) is 5.64. The molecule has 6 aromatic carbocycles. The van der Waals surface area contributed by atoms with Crippen molar-refractivity contribution in [2.45, 2.75) is 184 Å². The van der Waals surface area contributed by atoms with E-state index in [1.165, 1.54) is 84.2 Å². The topological polar surface area (TPSA) is 497 Å². The number of phenolic OH excluding ortho intramolecular Hbond substituents is 2. The van der Waals surface area contributed by atoms with Crippen molar-refractivity contribution in [3.8, 4) is 11.5 Å². The number of nitrogens with two attached hydrogens (primary N) is 2. The highest BCUT2D eigenvalue weighted by Gasteiger charge is 2.44. The molecule has 1 aliphatic heterocycles. The molecule has 35 heteroatoms. The minimum absolute atomic E-state index is 0.0309. The van der Waals surface area contributed by atoms with Crippen LogP contribution in [-0.2, 0) is 110 Å². The second-order valence-electron chi connectivity index (χ2n) is 32.6. The first-order valence-electron chi connectivity index (χ1n) is 42.8. The van der Waals surface area contributed by atoms with Gasteiger partial charge in [-0.15, -0.1) is 11.8 Å². The Balaban J connectivity index is 1.02. The molecule has 1 aromatic heterocycles. The number of hydrogen-bond donors (Lipinski definition) is 14. The number of hydrogen-bond acceptors (Lipinski definition) is 20. The van der Waals surface area contributed by atoms with E-state index in [9.17, 15) is 68.1 Å². The van der Waals surface area contributed by atoms with E-state index in [2.05, 4.69) is 47.5 Å². The van der Waals surface area contributed by atoms with Gasteiger partial charge in [-0.1, -0.05) is 174 Å². The molecule has 16 N–H and O–H groups in total. The SMILES string of the molecule is CCCC[C@@H](C(=O)N1CCC[C@@H]1C(=O)N[C@H](C=O)CO)N(C)C(=O)C(Cc1ccccc1)N(C)C(=O)[C@H](Cc1ccccc1)NC(=O)CSC[C@H](NC(=O)[C@H](CC(C)C)NC(=O)[C@H](Cc1ccc(O)cc1)NC(=O)[C@H](Cc1c[nH]c2ccccc12)NC(=O)CN(C)C(=O)[C@H](Cc1ccc(O)cc1)NC(=O)C(Cc1ccccc1)N(C)C(=O)[C@@H](N)CC)C(=O)NCC(N)=O. The Morgan fingerprint density at radius 2 is 1.02 bits per heavy atom. The highest BCUT2D eigenvalue weighted by molar-refractivity contribution is 8.00. The number of carbonyl (C=O) groups excluding carboxylic acids is 15. The molecule has 34 nitrogen and oxygen atoms in total. The molecular formula is C93H120N16O18S. The van der Waals surface area contributed by atoms with Gasteiger partial charge < -0.3 is 104 Å². The number of likely N-dealkylation sites (N-methyl/N-ethyl adjacent to an activating group) is 4. The number of aliphatic hydroxyl groups is 1. The first-order valence-corrected chi connectivity index (χ1v) is 44.0. The van der Waals surface area contributed by atoms with Crippen LogP contribution in [-0.4, -0.2) is 272 Å². The summed E-state index contributed by atoms with van der Waals surface area (Å²) in [6, 6.07) is 29.6. The molecule has 0 bridgehead atoms. The molecule has 8 rings (SSSR count). The normalized spacial score (nSPS) is 15.0. The molecule has 686 valence electrons. The molecule has 1 aliphatic rings. The predicted molar refractivity (Wildman–Crippen MR) is 482 cm³/mol. The number of rotatable bonds is 49. The Bertz CT molecular complexity index is 4930. The van der Waals surface area contributed by atoms with Crippen LogP contribution in [0.3, 0.4) is 0 Å². The van der Waals surface area contributed by atoms with Gasteiger partial charge in [0.05, 0.1) is 31.5 Å². The summed E-state index contributed by atoms with van der Waals surface area (Å²) in [6.45, 7) is 5.27. The van der Waals surface area contributed by atoms with Crippen LogP contribution in [0.1, 0.15) is 106 Å². The van der Waals surface area contributed by atoms with Crippen LogP contribution in [0.25, 0.3) is 10.9 Å². The molecule has 1 fully saturated rings. The van der Waals surface area contributed by atoms with Gasteiger partial charge in [0.2, 0.25) is 82.7 Å². The highest BCUT2D eigenvalue weighted by atomic mass is 32.2. The summed E-state index contributed by atoms with van der Waals surface area (Å²) in [5, 5.41) is 52.4. The number of amides is 14. The molecule has 14 amide bonds. The predicted octanol–water partition coefficient (Wildman–Crippen LogP) is 2.16. The van der Waals surface area contributed by atoms with Gasteiger partial charge in [-0.3, -0.25) is 67.1 Å². The van der Waals surface area contributed by atoms with E-state index in [0.717, 1.165) is 16.7 Å². The molecule has 12 atom stereocenters. The van der Waals surface area contributed by atoms with E-state index >= 15 is 19.2 Å². The fraction of sp³-hybridized carbons (Fsp3) is 0.430. The molecule has 2 unspecified atom stereocenters. The number of nitrogens with one attached hydrogen (secondary N) is 9. The summed E-state index contributed by atoms with van der Waals surface area (Å²) >= 11 is 0.845. The Morgan fingerprint density at radius 3 is 1.57 bits per heavy atom. The maximum atomic E-state index is 15.3. The van der Waals surface area contributed by atoms with Gasteiger partial charge in [-0.2, -0.15) is 0 Å². The van der Waals surface area contributed by atoms with Gasteiger partial charge in [0.25, 0.3) is 0 Å². The summed E-state index contributed by atoms with van der Waals surface area (Å²) < 4.78 is 0. The lowest BCUT2D eigenvalue weighted by Gasteiger charge is -2.38. The number of primary amides is 1. The van der Waals surface area contributed by atoms with Crippen molar-refractivity contribution >= 4 is 112 Å². The quantitative estimate of drug-likeness (QED) is 0.0243. The molecule has 0 saturated carbocycles. The summed E-state index contributed by atoms with van der Waals surface area (Å²) in [4.78, 5) is 224. The summed E-state index contributed by atoms with van der Waals surface area (Å²) in [5.74, 6) is -12.1. The average Bonchev–Trinajstić information content (AvgIpc) is 1.72. The van der Waals surface area contributed by atoms with Gasteiger partial charge in [-0.25, -0.2) is 0 Å². The third kappa shape index (κ3) is 29.8. The minimum Gasteiger partial charge on any atom is -0.508 e. The third-order valence-corrected chi connectivity index (χ3v) is 23.4. The number of H-pyrrole nitrogens is 1. The van der Waals surface area contributed by atoms with E-state index in [4.69, 9.17) is 11.5 Å². The number of aldehydes is 1. The maximum Gasteiger partial charge on any atom is 0.246 e. The fourth-order valence-electron chi connectivity index (χ4n) is 15.1. The van der Waals surface area contributed by atoms with Gasteiger partial charge >= 0.3 is 0 Å². The third-order valence-electron chi connectivity index (χ3n) is 22.3. The number of aromatic amines is 1. The van der Waals surface area contributed by atoms with Crippen molar-refractivity contribution < 1.29 is 87.2 Å². The minimum atomic E-state index is -1.57. The maximum absolute atomic E-state index is 15.3. The highest BCUT2D eigenvalue weighted by Crippen LogP contribution is 2.27. The zero-order chi connectivity index (χ0) is 93.3. The van der Waals surface area contributed by atoms with Crippen molar-refractivity contribution in [1.82, 2.24) is 72.0 Å². The molecule has 128 heavy (non-hydrogen) atoms. The number of aromatic hydroxyl groups is 2. The lowest BCUT2D eigenvalue weighted by molar-refractivity contribution is -0.152. The number of nitrogens with zero attached hydrogens (tertiary/aromatic N) is 5. The van der Waals surface area contributed by atoms with Crippen molar-refractivity contribution in [1.29, 1.82) is 0 Å². The first-order chi connectivity index (χ1) is 61.2. The number of phenols is 2. The number of benzene rings is 6. The van der Waals surface area contributed by atoms with Crippen molar-refractivity contribution in [2.75, 3.05) is 65.9 Å². The zero-order valence-electron chi connectivity index (χ0n) is 73.4. The number of unbranched alkanes of at least 4 members (excludes halogenated alkanes) is 1. The molecule has 7 aromatic rings. The van der Waals surface area contributed by atoms with Crippen LogP contribution >= 0.6 is 11.8 Å².